The van der Waals surface area contributed by atoms with Crippen LogP contribution in [-0.2, 0) is 14.8 Å². The van der Waals surface area contributed by atoms with Crippen molar-refractivity contribution in [1.82, 2.24) is 20.0 Å². The van der Waals surface area contributed by atoms with Crippen LogP contribution in [0.4, 0.5) is 11.6 Å². The van der Waals surface area contributed by atoms with Gasteiger partial charge in [-0.05, 0) is 36.4 Å². The second-order valence-corrected chi connectivity index (χ2v) is 9.82. The molecule has 4 rings (SSSR count). The van der Waals surface area contributed by atoms with Crippen molar-refractivity contribution >= 4 is 33.5 Å². The van der Waals surface area contributed by atoms with E-state index in [-0.39, 0.29) is 4.90 Å². The molecule has 36 heavy (non-hydrogen) atoms. The van der Waals surface area contributed by atoms with Crippen LogP contribution in [0, 0.1) is 0 Å². The van der Waals surface area contributed by atoms with E-state index in [4.69, 9.17) is 0 Å². The molecule has 12 heteroatoms. The minimum absolute atomic E-state index is 0.0609. The van der Waals surface area contributed by atoms with Crippen LogP contribution in [0.25, 0.3) is 0 Å². The van der Waals surface area contributed by atoms with Gasteiger partial charge in [0.25, 0.3) is 5.91 Å². The molecule has 1 amide bonds. The van der Waals surface area contributed by atoms with Gasteiger partial charge in [-0.25, -0.2) is 18.4 Å². The SMILES string of the molecule is O=C(NC[C@H](NS(=O)(=O)c1ccccc1)C(=O)O)c1cccc(N2CCN(c3ncccn3)CC2)c1. The molecule has 1 aliphatic rings. The number of carbonyl (C=O) groups excluding carboxylic acids is 1. The Morgan fingerprint density at radius 2 is 1.58 bits per heavy atom. The Balaban J connectivity index is 1.36. The summed E-state index contributed by atoms with van der Waals surface area (Å²) in [5.74, 6) is -1.22. The molecular weight excluding hydrogens is 484 g/mol. The number of benzene rings is 2. The standard InChI is InChI=1S/C24H26N6O5S/c31-22(27-17-21(23(32)33)28-36(34,35)20-8-2-1-3-9-20)18-6-4-7-19(16-18)29-12-14-30(15-13-29)24-25-10-5-11-26-24/h1-11,16,21,28H,12-15,17H2,(H,27,31)(H,32,33)/t21-/m0/s1. The molecule has 1 atom stereocenters. The molecule has 0 radical (unpaired) electrons. The Kier molecular flexibility index (Phi) is 7.76. The molecule has 1 aromatic heterocycles. The maximum atomic E-state index is 12.8. The van der Waals surface area contributed by atoms with E-state index in [1.165, 1.54) is 24.3 Å². The number of rotatable bonds is 9. The van der Waals surface area contributed by atoms with Crippen LogP contribution in [0.3, 0.4) is 0 Å². The molecule has 0 aliphatic carbocycles. The van der Waals surface area contributed by atoms with E-state index >= 15 is 0 Å². The topological polar surface area (TPSA) is 145 Å². The summed E-state index contributed by atoms with van der Waals surface area (Å²) in [6.07, 6.45) is 3.41. The first-order chi connectivity index (χ1) is 17.3. The maximum absolute atomic E-state index is 12.8. The molecule has 2 heterocycles. The summed E-state index contributed by atoms with van der Waals surface area (Å²) in [5.41, 5.74) is 1.20. The van der Waals surface area contributed by atoms with Crippen molar-refractivity contribution in [2.24, 2.45) is 0 Å². The molecule has 1 saturated heterocycles. The smallest absolute Gasteiger partial charge is 0.323 e. The van der Waals surface area contributed by atoms with Gasteiger partial charge in [-0.2, -0.15) is 4.72 Å². The molecule has 2 aromatic carbocycles. The number of aromatic nitrogens is 2. The highest BCUT2D eigenvalue weighted by atomic mass is 32.2. The minimum Gasteiger partial charge on any atom is -0.480 e. The largest absolute Gasteiger partial charge is 0.480 e. The summed E-state index contributed by atoms with van der Waals surface area (Å²) in [5, 5.41) is 12.0. The number of aliphatic carboxylic acids is 1. The van der Waals surface area contributed by atoms with Crippen LogP contribution in [-0.4, -0.2) is 74.1 Å². The van der Waals surface area contributed by atoms with Gasteiger partial charge in [-0.15, -0.1) is 0 Å². The molecule has 0 bridgehead atoms. The van der Waals surface area contributed by atoms with E-state index in [1.807, 2.05) is 6.07 Å². The lowest BCUT2D eigenvalue weighted by atomic mass is 10.1. The van der Waals surface area contributed by atoms with Crippen molar-refractivity contribution in [3.05, 3.63) is 78.6 Å². The Morgan fingerprint density at radius 1 is 0.917 bits per heavy atom. The minimum atomic E-state index is -4.06. The molecule has 3 N–H and O–H groups in total. The highest BCUT2D eigenvalue weighted by molar-refractivity contribution is 7.89. The number of piperazine rings is 1. The van der Waals surface area contributed by atoms with E-state index < -0.39 is 34.5 Å². The predicted octanol–water partition coefficient (Wildman–Crippen LogP) is 0.965. The van der Waals surface area contributed by atoms with E-state index in [9.17, 15) is 23.1 Å². The van der Waals surface area contributed by atoms with Crippen LogP contribution in [0.1, 0.15) is 10.4 Å². The molecule has 1 fully saturated rings. The fourth-order valence-corrected chi connectivity index (χ4v) is 5.00. The fraction of sp³-hybridized carbons (Fsp3) is 0.250. The number of nitrogens with one attached hydrogen (secondary N) is 2. The van der Waals surface area contributed by atoms with Gasteiger partial charge in [0.15, 0.2) is 0 Å². The van der Waals surface area contributed by atoms with Crippen LogP contribution in [0.2, 0.25) is 0 Å². The molecule has 0 spiro atoms. The monoisotopic (exact) mass is 510 g/mol. The number of carbonyl (C=O) groups is 2. The molecule has 1 aliphatic heterocycles. The average molecular weight is 511 g/mol. The van der Waals surface area contributed by atoms with Crippen molar-refractivity contribution in [3.8, 4) is 0 Å². The maximum Gasteiger partial charge on any atom is 0.323 e. The summed E-state index contributed by atoms with van der Waals surface area (Å²) >= 11 is 0. The van der Waals surface area contributed by atoms with Crippen molar-refractivity contribution in [2.75, 3.05) is 42.5 Å². The molecule has 0 unspecified atom stereocenters. The molecule has 0 saturated carbocycles. The number of anilines is 2. The first kappa shape index (κ1) is 25.1. The van der Waals surface area contributed by atoms with Gasteiger partial charge >= 0.3 is 5.97 Å². The molecule has 11 nitrogen and oxygen atoms in total. The first-order valence-electron chi connectivity index (χ1n) is 11.3. The lowest BCUT2D eigenvalue weighted by molar-refractivity contribution is -0.138. The van der Waals surface area contributed by atoms with Crippen molar-refractivity contribution in [3.63, 3.8) is 0 Å². The highest BCUT2D eigenvalue weighted by Crippen LogP contribution is 2.20. The average Bonchev–Trinajstić information content (AvgIpc) is 2.92. The van der Waals surface area contributed by atoms with Gasteiger partial charge in [-0.3, -0.25) is 9.59 Å². The third kappa shape index (κ3) is 6.15. The second-order valence-electron chi connectivity index (χ2n) is 8.11. The fourth-order valence-electron chi connectivity index (χ4n) is 3.79. The van der Waals surface area contributed by atoms with Crippen LogP contribution in [0.15, 0.2) is 78.0 Å². The number of hydrogen-bond acceptors (Lipinski definition) is 8. The van der Waals surface area contributed by atoms with E-state index in [0.717, 1.165) is 18.8 Å². The Hall–Kier alpha value is -4.03. The lowest BCUT2D eigenvalue weighted by Crippen LogP contribution is -2.48. The van der Waals surface area contributed by atoms with Crippen LogP contribution >= 0.6 is 0 Å². The zero-order valence-corrected chi connectivity index (χ0v) is 20.1. The number of carboxylic acids is 1. The number of sulfonamides is 1. The van der Waals surface area contributed by atoms with Crippen molar-refractivity contribution in [2.45, 2.75) is 10.9 Å². The van der Waals surface area contributed by atoms with Gasteiger partial charge in [-0.1, -0.05) is 24.3 Å². The number of carboxylic acid groups (broad SMARTS) is 1. The van der Waals surface area contributed by atoms with E-state index in [2.05, 4.69) is 29.8 Å². The summed E-state index contributed by atoms with van der Waals surface area (Å²) in [6, 6.07) is 14.7. The predicted molar refractivity (Wildman–Crippen MR) is 133 cm³/mol. The van der Waals surface area contributed by atoms with E-state index in [1.54, 1.807) is 42.7 Å². The Morgan fingerprint density at radius 3 is 2.25 bits per heavy atom. The van der Waals surface area contributed by atoms with Crippen molar-refractivity contribution < 1.29 is 23.1 Å². The van der Waals surface area contributed by atoms with Gasteiger partial charge in [0.2, 0.25) is 16.0 Å². The zero-order chi connectivity index (χ0) is 25.5. The third-order valence-corrected chi connectivity index (χ3v) is 7.19. The molecular formula is C24H26N6O5S. The van der Waals surface area contributed by atoms with Crippen molar-refractivity contribution in [1.29, 1.82) is 0 Å². The third-order valence-electron chi connectivity index (χ3n) is 5.70. The highest BCUT2D eigenvalue weighted by Gasteiger charge is 2.26. The first-order valence-corrected chi connectivity index (χ1v) is 12.8. The summed E-state index contributed by atoms with van der Waals surface area (Å²) < 4.78 is 27.1. The van der Waals surface area contributed by atoms with Crippen LogP contribution < -0.4 is 19.8 Å². The van der Waals surface area contributed by atoms with Gasteiger partial charge in [0, 0.05) is 56.4 Å². The Bertz CT molecular complexity index is 1300. The van der Waals surface area contributed by atoms with Gasteiger partial charge in [0.05, 0.1) is 4.90 Å². The number of amides is 1. The number of nitrogens with zero attached hydrogens (tertiary/aromatic N) is 4. The zero-order valence-electron chi connectivity index (χ0n) is 19.3. The number of hydrogen-bond donors (Lipinski definition) is 3. The quantitative estimate of drug-likeness (QED) is 0.383. The lowest BCUT2D eigenvalue weighted by Gasteiger charge is -2.36. The summed E-state index contributed by atoms with van der Waals surface area (Å²) in [6.45, 7) is 2.46. The second kappa shape index (κ2) is 11.1. The molecule has 3 aromatic rings. The van der Waals surface area contributed by atoms with Crippen LogP contribution in [0.5, 0.6) is 0 Å². The summed E-state index contributed by atoms with van der Waals surface area (Å²) in [7, 11) is -4.06. The van der Waals surface area contributed by atoms with E-state index in [0.29, 0.717) is 24.6 Å². The summed E-state index contributed by atoms with van der Waals surface area (Å²) in [4.78, 5) is 37.1. The van der Waals surface area contributed by atoms with Gasteiger partial charge < -0.3 is 20.2 Å². The normalized spacial score (nSPS) is 14.8. The molecule has 188 valence electrons. The Labute approximate surface area is 208 Å². The van der Waals surface area contributed by atoms with Gasteiger partial charge in [0.1, 0.15) is 6.04 Å².